The molecule has 2 aromatic rings. The van der Waals surface area contributed by atoms with Gasteiger partial charge in [0.2, 0.25) is 5.75 Å². The quantitative estimate of drug-likeness (QED) is 0.451. The van der Waals surface area contributed by atoms with Gasteiger partial charge in [-0.2, -0.15) is 8.42 Å². The second-order valence-corrected chi connectivity index (χ2v) is 7.42. The number of carbonyl (C=O) groups is 1. The van der Waals surface area contributed by atoms with E-state index < -0.39 is 16.1 Å². The number of rotatable bonds is 9. The van der Waals surface area contributed by atoms with Crippen molar-refractivity contribution in [2.75, 3.05) is 39.1 Å². The van der Waals surface area contributed by atoms with Crippen LogP contribution in [0.1, 0.15) is 0 Å². The monoisotopic (exact) mass is 444 g/mol. The molecule has 9 nitrogen and oxygen atoms in total. The minimum Gasteiger partial charge on any atom is -0.493 e. The highest BCUT2D eigenvalue weighted by Gasteiger charge is 2.21. The number of nitrogens with one attached hydrogen (secondary N) is 2. The molecule has 158 valence electrons. The van der Waals surface area contributed by atoms with Crippen LogP contribution in [0.5, 0.6) is 23.0 Å². The zero-order valence-electron chi connectivity index (χ0n) is 16.0. The number of methoxy groups -OCH3 is 3. The summed E-state index contributed by atoms with van der Waals surface area (Å²) in [5.74, 6) is 1.00. The third-order valence-corrected chi connectivity index (χ3v) is 5.04. The minimum atomic E-state index is -4.20. The van der Waals surface area contributed by atoms with Crippen LogP contribution in [0.15, 0.2) is 41.3 Å². The van der Waals surface area contributed by atoms with E-state index in [1.807, 2.05) is 0 Å². The second-order valence-electron chi connectivity index (χ2n) is 5.50. The van der Waals surface area contributed by atoms with Gasteiger partial charge >= 0.3 is 16.1 Å². The van der Waals surface area contributed by atoms with Crippen molar-refractivity contribution in [1.82, 2.24) is 5.32 Å². The summed E-state index contributed by atoms with van der Waals surface area (Å²) in [4.78, 5) is 11.6. The van der Waals surface area contributed by atoms with Crippen LogP contribution in [0.2, 0.25) is 0 Å². The third-order valence-electron chi connectivity index (χ3n) is 3.60. The first-order chi connectivity index (χ1) is 13.8. The Morgan fingerprint density at radius 1 is 1.03 bits per heavy atom. The van der Waals surface area contributed by atoms with Gasteiger partial charge in [-0.15, -0.1) is 11.6 Å². The van der Waals surface area contributed by atoms with Crippen molar-refractivity contribution in [3.8, 4) is 23.0 Å². The predicted molar refractivity (Wildman–Crippen MR) is 108 cm³/mol. The Labute approximate surface area is 174 Å². The molecular weight excluding hydrogens is 424 g/mol. The van der Waals surface area contributed by atoms with E-state index in [9.17, 15) is 13.2 Å². The first kappa shape index (κ1) is 22.4. The minimum absolute atomic E-state index is 0.0299. The molecule has 11 heteroatoms. The fourth-order valence-corrected chi connectivity index (χ4v) is 3.40. The summed E-state index contributed by atoms with van der Waals surface area (Å²) in [6.45, 7) is 0.273. The molecule has 0 saturated heterocycles. The lowest BCUT2D eigenvalue weighted by Crippen LogP contribution is -2.30. The van der Waals surface area contributed by atoms with Crippen LogP contribution in [0.3, 0.4) is 0 Å². The fourth-order valence-electron chi connectivity index (χ4n) is 2.35. The first-order valence-corrected chi connectivity index (χ1v) is 10.2. The van der Waals surface area contributed by atoms with Gasteiger partial charge in [0, 0.05) is 30.2 Å². The smallest absolute Gasteiger partial charge is 0.339 e. The van der Waals surface area contributed by atoms with Crippen molar-refractivity contribution in [2.45, 2.75) is 4.90 Å². The van der Waals surface area contributed by atoms with Crippen molar-refractivity contribution in [3.05, 3.63) is 36.4 Å². The van der Waals surface area contributed by atoms with Crippen molar-refractivity contribution in [2.24, 2.45) is 0 Å². The molecule has 2 N–H and O–H groups in total. The van der Waals surface area contributed by atoms with E-state index in [2.05, 4.69) is 10.6 Å². The van der Waals surface area contributed by atoms with Gasteiger partial charge in [-0.3, -0.25) is 0 Å². The number of anilines is 1. The molecule has 29 heavy (non-hydrogen) atoms. The van der Waals surface area contributed by atoms with Gasteiger partial charge in [0.1, 0.15) is 4.90 Å². The molecule has 0 aliphatic rings. The maximum atomic E-state index is 12.7. The SMILES string of the molecule is COc1cc(OS(=O)(=O)c2cccc(NC(=O)NCCCl)c2)cc(OC)c1OC. The van der Waals surface area contributed by atoms with Gasteiger partial charge in [-0.05, 0) is 18.2 Å². The van der Waals surface area contributed by atoms with Crippen molar-refractivity contribution < 1.29 is 31.6 Å². The van der Waals surface area contributed by atoms with Crippen molar-refractivity contribution in [3.63, 3.8) is 0 Å². The number of hydrogen-bond donors (Lipinski definition) is 2. The Morgan fingerprint density at radius 2 is 1.69 bits per heavy atom. The lowest BCUT2D eigenvalue weighted by molar-refractivity contribution is 0.252. The molecule has 0 aromatic heterocycles. The van der Waals surface area contributed by atoms with E-state index in [-0.39, 0.29) is 40.3 Å². The summed E-state index contributed by atoms with van der Waals surface area (Å²) in [6, 6.07) is 7.84. The molecule has 0 saturated carbocycles. The molecule has 2 rings (SSSR count). The van der Waals surface area contributed by atoms with E-state index in [1.165, 1.54) is 51.7 Å². The molecule has 2 aromatic carbocycles. The summed E-state index contributed by atoms with van der Waals surface area (Å²) < 4.78 is 46.2. The standard InChI is InChI=1S/C18H21ClN2O7S/c1-25-15-10-13(11-16(26-2)17(15)27-3)28-29(23,24)14-6-4-5-12(9-14)21-18(22)20-8-7-19/h4-6,9-11H,7-8H2,1-3H3,(H2,20,21,22). The van der Waals surface area contributed by atoms with Crippen LogP contribution in [0, 0.1) is 0 Å². The van der Waals surface area contributed by atoms with Gasteiger partial charge in [0.15, 0.2) is 17.2 Å². The zero-order chi connectivity index (χ0) is 21.4. The average molecular weight is 445 g/mol. The number of amides is 2. The molecule has 0 bridgehead atoms. The van der Waals surface area contributed by atoms with Crippen LogP contribution in [0.4, 0.5) is 10.5 Å². The van der Waals surface area contributed by atoms with E-state index in [4.69, 9.17) is 30.0 Å². The molecule has 0 radical (unpaired) electrons. The van der Waals surface area contributed by atoms with Gasteiger partial charge in [0.25, 0.3) is 0 Å². The normalized spacial score (nSPS) is 10.8. The molecule has 0 fully saturated rings. The third kappa shape index (κ3) is 5.81. The largest absolute Gasteiger partial charge is 0.493 e. The summed E-state index contributed by atoms with van der Waals surface area (Å²) in [5.41, 5.74) is 0.270. The van der Waals surface area contributed by atoms with Crippen LogP contribution < -0.4 is 29.0 Å². The summed E-state index contributed by atoms with van der Waals surface area (Å²) in [6.07, 6.45) is 0. The number of carbonyl (C=O) groups excluding carboxylic acids is 1. The van der Waals surface area contributed by atoms with Crippen molar-refractivity contribution >= 4 is 33.4 Å². The molecule has 0 aliphatic carbocycles. The molecule has 2 amide bonds. The zero-order valence-corrected chi connectivity index (χ0v) is 17.6. The van der Waals surface area contributed by atoms with Gasteiger partial charge in [-0.25, -0.2) is 4.79 Å². The molecule has 0 unspecified atom stereocenters. The number of halogens is 1. The Kier molecular flexibility index (Phi) is 7.80. The fraction of sp³-hybridized carbons (Fsp3) is 0.278. The Bertz CT molecular complexity index is 941. The van der Waals surface area contributed by atoms with E-state index in [0.717, 1.165) is 0 Å². The van der Waals surface area contributed by atoms with Crippen LogP contribution in [-0.2, 0) is 10.1 Å². The number of alkyl halides is 1. The highest BCUT2D eigenvalue weighted by Crippen LogP contribution is 2.41. The molecule has 0 atom stereocenters. The van der Waals surface area contributed by atoms with Gasteiger partial charge < -0.3 is 29.0 Å². The molecule has 0 aliphatic heterocycles. The summed E-state index contributed by atoms with van der Waals surface area (Å²) in [7, 11) is 0.0327. The molecule has 0 spiro atoms. The lowest BCUT2D eigenvalue weighted by Gasteiger charge is -2.15. The first-order valence-electron chi connectivity index (χ1n) is 8.30. The van der Waals surface area contributed by atoms with E-state index in [0.29, 0.717) is 5.75 Å². The predicted octanol–water partition coefficient (Wildman–Crippen LogP) is 2.84. The number of hydrogen-bond acceptors (Lipinski definition) is 7. The maximum Gasteiger partial charge on any atom is 0.339 e. The number of benzene rings is 2. The van der Waals surface area contributed by atoms with Gasteiger partial charge in [-0.1, -0.05) is 6.07 Å². The van der Waals surface area contributed by atoms with E-state index in [1.54, 1.807) is 6.07 Å². The molecule has 0 heterocycles. The maximum absolute atomic E-state index is 12.7. The summed E-state index contributed by atoms with van der Waals surface area (Å²) in [5, 5.41) is 5.03. The van der Waals surface area contributed by atoms with Crippen LogP contribution in [0.25, 0.3) is 0 Å². The van der Waals surface area contributed by atoms with E-state index >= 15 is 0 Å². The number of ether oxygens (including phenoxy) is 3. The second kappa shape index (κ2) is 10.1. The highest BCUT2D eigenvalue weighted by molar-refractivity contribution is 7.87. The Morgan fingerprint density at radius 3 is 2.24 bits per heavy atom. The highest BCUT2D eigenvalue weighted by atomic mass is 35.5. The topological polar surface area (TPSA) is 112 Å². The Balaban J connectivity index is 2.28. The lowest BCUT2D eigenvalue weighted by atomic mass is 10.2. The summed E-state index contributed by atoms with van der Waals surface area (Å²) >= 11 is 5.51. The average Bonchev–Trinajstić information content (AvgIpc) is 2.71. The number of urea groups is 1. The Hall–Kier alpha value is -2.85. The van der Waals surface area contributed by atoms with Crippen LogP contribution >= 0.6 is 11.6 Å². The van der Waals surface area contributed by atoms with Crippen LogP contribution in [-0.4, -0.2) is 48.2 Å². The van der Waals surface area contributed by atoms with Gasteiger partial charge in [0.05, 0.1) is 21.3 Å². The van der Waals surface area contributed by atoms with Crippen molar-refractivity contribution in [1.29, 1.82) is 0 Å². The molecular formula is C18H21ClN2O7S.